The average molecular weight is 354 g/mol. The molecule has 0 radical (unpaired) electrons. The predicted molar refractivity (Wildman–Crippen MR) is 84.0 cm³/mol. The second kappa shape index (κ2) is 5.52. The summed E-state index contributed by atoms with van der Waals surface area (Å²) >= 11 is 0. The minimum atomic E-state index is -3.97. The van der Waals surface area contributed by atoms with Crippen molar-refractivity contribution in [3.63, 3.8) is 0 Å². The fourth-order valence-corrected chi connectivity index (χ4v) is 5.79. The van der Waals surface area contributed by atoms with Gasteiger partial charge in [0, 0.05) is 24.7 Å². The molecule has 2 atom stereocenters. The van der Waals surface area contributed by atoms with Crippen molar-refractivity contribution in [1.29, 1.82) is 0 Å². The fraction of sp³-hybridized carbons (Fsp3) is 0.533. The molecule has 130 valence electrons. The third kappa shape index (κ3) is 2.30. The molecule has 1 heterocycles. The van der Waals surface area contributed by atoms with Crippen molar-refractivity contribution in [2.24, 2.45) is 11.3 Å². The van der Waals surface area contributed by atoms with Crippen LogP contribution in [0.25, 0.3) is 0 Å². The first kappa shape index (κ1) is 16.8. The summed E-state index contributed by atoms with van der Waals surface area (Å²) in [5, 5.41) is 20.6. The lowest BCUT2D eigenvalue weighted by atomic mass is 9.81. The van der Waals surface area contributed by atoms with Crippen LogP contribution in [0.5, 0.6) is 0 Å². The first-order valence-electron chi connectivity index (χ1n) is 7.68. The predicted octanol–water partition coefficient (Wildman–Crippen LogP) is 1.78. The summed E-state index contributed by atoms with van der Waals surface area (Å²) in [6, 6.07) is 3.92. The van der Waals surface area contributed by atoms with Gasteiger partial charge in [-0.3, -0.25) is 14.9 Å². The number of carboxylic acids is 1. The molecule has 2 fully saturated rings. The van der Waals surface area contributed by atoms with E-state index in [0.29, 0.717) is 12.8 Å². The normalized spacial score (nSPS) is 27.1. The van der Waals surface area contributed by atoms with E-state index in [4.69, 9.17) is 0 Å². The van der Waals surface area contributed by atoms with Gasteiger partial charge >= 0.3 is 5.97 Å². The van der Waals surface area contributed by atoms with E-state index in [1.54, 1.807) is 0 Å². The maximum atomic E-state index is 12.9. The quantitative estimate of drug-likeness (QED) is 0.650. The van der Waals surface area contributed by atoms with E-state index >= 15 is 0 Å². The van der Waals surface area contributed by atoms with Crippen LogP contribution in [0.4, 0.5) is 5.69 Å². The Hall–Kier alpha value is -2.00. The van der Waals surface area contributed by atoms with E-state index in [-0.39, 0.29) is 35.2 Å². The zero-order chi connectivity index (χ0) is 17.7. The van der Waals surface area contributed by atoms with Gasteiger partial charge in [-0.2, -0.15) is 4.31 Å². The summed E-state index contributed by atoms with van der Waals surface area (Å²) in [6.45, 7) is 1.48. The molecule has 1 N–H and O–H groups in total. The van der Waals surface area contributed by atoms with E-state index in [1.165, 1.54) is 29.4 Å². The SMILES string of the molecule is Cc1c([N+](=O)[O-])cccc1S(=O)(=O)N1C[C@@H]2CCC[C@@]2(C(=O)O)C1. The molecule has 24 heavy (non-hydrogen) atoms. The third-order valence-corrected chi connectivity index (χ3v) is 7.29. The Bertz CT molecular complexity index is 821. The molecule has 0 bridgehead atoms. The van der Waals surface area contributed by atoms with Gasteiger partial charge in [0.1, 0.15) is 0 Å². The van der Waals surface area contributed by atoms with Crippen LogP contribution in [-0.2, 0) is 14.8 Å². The summed E-state index contributed by atoms with van der Waals surface area (Å²) in [5.41, 5.74) is -1.21. The maximum absolute atomic E-state index is 12.9. The number of hydrogen-bond donors (Lipinski definition) is 1. The number of sulfonamides is 1. The summed E-state index contributed by atoms with van der Waals surface area (Å²) < 4.78 is 27.1. The number of aliphatic carboxylic acids is 1. The summed E-state index contributed by atoms with van der Waals surface area (Å²) in [6.07, 6.45) is 1.93. The highest BCUT2D eigenvalue weighted by Gasteiger charge is 2.57. The Labute approximate surface area is 139 Å². The van der Waals surface area contributed by atoms with Crippen LogP contribution in [0.3, 0.4) is 0 Å². The number of nitro benzene ring substituents is 1. The van der Waals surface area contributed by atoms with Gasteiger partial charge in [-0.1, -0.05) is 12.5 Å². The van der Waals surface area contributed by atoms with Gasteiger partial charge < -0.3 is 5.11 Å². The van der Waals surface area contributed by atoms with Gasteiger partial charge in [-0.15, -0.1) is 0 Å². The number of nitro groups is 1. The monoisotopic (exact) mass is 354 g/mol. The highest BCUT2D eigenvalue weighted by Crippen LogP contribution is 2.50. The van der Waals surface area contributed by atoms with Crippen LogP contribution >= 0.6 is 0 Å². The first-order valence-corrected chi connectivity index (χ1v) is 9.12. The number of carboxylic acid groups (broad SMARTS) is 1. The summed E-state index contributed by atoms with van der Waals surface area (Å²) in [5.74, 6) is -1.16. The van der Waals surface area contributed by atoms with Gasteiger partial charge in [-0.25, -0.2) is 8.42 Å². The second-order valence-corrected chi connectivity index (χ2v) is 8.41. The number of nitrogens with zero attached hydrogens (tertiary/aromatic N) is 2. The molecule has 1 saturated carbocycles. The van der Waals surface area contributed by atoms with Crippen LogP contribution in [0.2, 0.25) is 0 Å². The van der Waals surface area contributed by atoms with Gasteiger partial charge in [0.05, 0.1) is 15.2 Å². The number of carbonyl (C=O) groups is 1. The van der Waals surface area contributed by atoms with Crippen molar-refractivity contribution in [3.05, 3.63) is 33.9 Å². The fourth-order valence-electron chi connectivity index (χ4n) is 4.00. The van der Waals surface area contributed by atoms with Crippen molar-refractivity contribution in [1.82, 2.24) is 4.31 Å². The van der Waals surface area contributed by atoms with Crippen LogP contribution in [0.1, 0.15) is 24.8 Å². The zero-order valence-corrected chi connectivity index (χ0v) is 14.0. The maximum Gasteiger partial charge on any atom is 0.311 e. The molecule has 8 nitrogen and oxygen atoms in total. The Kier molecular flexibility index (Phi) is 3.88. The summed E-state index contributed by atoms with van der Waals surface area (Å²) in [7, 11) is -3.97. The average Bonchev–Trinajstić information content (AvgIpc) is 3.05. The lowest BCUT2D eigenvalue weighted by Crippen LogP contribution is -2.37. The highest BCUT2D eigenvalue weighted by molar-refractivity contribution is 7.89. The van der Waals surface area contributed by atoms with E-state index in [0.717, 1.165) is 6.42 Å². The largest absolute Gasteiger partial charge is 0.481 e. The van der Waals surface area contributed by atoms with Crippen molar-refractivity contribution < 1.29 is 23.2 Å². The lowest BCUT2D eigenvalue weighted by molar-refractivity contribution is -0.385. The smallest absolute Gasteiger partial charge is 0.311 e. The van der Waals surface area contributed by atoms with Crippen LogP contribution < -0.4 is 0 Å². The molecule has 0 aromatic heterocycles. The number of fused-ring (bicyclic) bond motifs is 1. The van der Waals surface area contributed by atoms with Gasteiger partial charge in [0.2, 0.25) is 10.0 Å². The minimum Gasteiger partial charge on any atom is -0.481 e. The molecule has 1 aromatic carbocycles. The standard InChI is InChI=1S/C15H18N2O6S/c1-10-12(17(20)21)5-2-6-13(10)24(22,23)16-8-11-4-3-7-15(11,9-16)14(18)19/h2,5-6,11H,3-4,7-9H2,1H3,(H,18,19)/t11-,15+/m0/s1. The van der Waals surface area contributed by atoms with Gasteiger partial charge in [-0.05, 0) is 31.7 Å². The highest BCUT2D eigenvalue weighted by atomic mass is 32.2. The molecule has 0 amide bonds. The van der Waals surface area contributed by atoms with Crippen molar-refractivity contribution in [2.45, 2.75) is 31.1 Å². The van der Waals surface area contributed by atoms with E-state index in [2.05, 4.69) is 0 Å². The number of rotatable bonds is 4. The van der Waals surface area contributed by atoms with Crippen molar-refractivity contribution in [3.8, 4) is 0 Å². The van der Waals surface area contributed by atoms with E-state index in [1.807, 2.05) is 0 Å². The van der Waals surface area contributed by atoms with Gasteiger partial charge in [0.15, 0.2) is 0 Å². The van der Waals surface area contributed by atoms with Crippen molar-refractivity contribution >= 4 is 21.7 Å². The Morgan fingerprint density at radius 2 is 2.17 bits per heavy atom. The molecule has 0 unspecified atom stereocenters. The van der Waals surface area contributed by atoms with Crippen LogP contribution in [0, 0.1) is 28.4 Å². The van der Waals surface area contributed by atoms with E-state index in [9.17, 15) is 28.4 Å². The molecule has 0 spiro atoms. The van der Waals surface area contributed by atoms with Gasteiger partial charge in [0.25, 0.3) is 5.69 Å². The molecule has 1 saturated heterocycles. The Balaban J connectivity index is 2.00. The molecule has 1 aliphatic heterocycles. The van der Waals surface area contributed by atoms with Crippen LogP contribution in [-0.4, -0.2) is 41.8 Å². The minimum absolute atomic E-state index is 0.0720. The van der Waals surface area contributed by atoms with Crippen molar-refractivity contribution in [2.75, 3.05) is 13.1 Å². The Morgan fingerprint density at radius 1 is 1.46 bits per heavy atom. The molecule has 2 aliphatic rings. The topological polar surface area (TPSA) is 118 Å². The molecule has 3 rings (SSSR count). The Morgan fingerprint density at radius 3 is 2.75 bits per heavy atom. The second-order valence-electron chi connectivity index (χ2n) is 6.51. The molecule has 9 heteroatoms. The third-order valence-electron chi connectivity index (χ3n) is 5.34. The first-order chi connectivity index (χ1) is 11.2. The zero-order valence-electron chi connectivity index (χ0n) is 13.1. The van der Waals surface area contributed by atoms with E-state index < -0.39 is 26.3 Å². The molecular formula is C15H18N2O6S. The molecule has 1 aliphatic carbocycles. The summed E-state index contributed by atoms with van der Waals surface area (Å²) in [4.78, 5) is 22.0. The molecule has 1 aromatic rings. The molecular weight excluding hydrogens is 336 g/mol. The number of benzene rings is 1. The number of hydrogen-bond acceptors (Lipinski definition) is 5. The lowest BCUT2D eigenvalue weighted by Gasteiger charge is -2.23. The van der Waals surface area contributed by atoms with Crippen LogP contribution in [0.15, 0.2) is 23.1 Å².